The van der Waals surface area contributed by atoms with Crippen LogP contribution in [-0.4, -0.2) is 28.6 Å². The maximum absolute atomic E-state index is 12.3. The van der Waals surface area contributed by atoms with E-state index in [1.54, 1.807) is 13.0 Å². The zero-order valence-electron chi connectivity index (χ0n) is 10.8. The molecule has 1 amide bonds. The summed E-state index contributed by atoms with van der Waals surface area (Å²) in [6.07, 6.45) is 3.48. The fraction of sp³-hybridized carbons (Fsp3) is 0.692. The molecule has 0 spiro atoms. The molecule has 0 bridgehead atoms. The summed E-state index contributed by atoms with van der Waals surface area (Å²) in [5, 5.41) is 3.81. The zero-order valence-corrected chi connectivity index (χ0v) is 10.8. The smallest absolute Gasteiger partial charge is 0.276 e. The van der Waals surface area contributed by atoms with Crippen LogP contribution in [0.4, 0.5) is 0 Å². The van der Waals surface area contributed by atoms with Crippen molar-refractivity contribution >= 4 is 5.91 Å². The Morgan fingerprint density at radius 2 is 2.24 bits per heavy atom. The largest absolute Gasteiger partial charge is 0.361 e. The summed E-state index contributed by atoms with van der Waals surface area (Å²) in [7, 11) is 0. The van der Waals surface area contributed by atoms with Crippen LogP contribution >= 0.6 is 0 Å². The van der Waals surface area contributed by atoms with Crippen LogP contribution < -0.4 is 0 Å². The molecule has 2 rings (SSSR count). The van der Waals surface area contributed by atoms with Crippen LogP contribution in [0.3, 0.4) is 0 Å². The minimum atomic E-state index is 0.00287. The van der Waals surface area contributed by atoms with E-state index in [0.717, 1.165) is 13.0 Å². The average Bonchev–Trinajstić information content (AvgIpc) is 2.64. The van der Waals surface area contributed by atoms with Gasteiger partial charge in [0.15, 0.2) is 5.69 Å². The van der Waals surface area contributed by atoms with E-state index in [9.17, 15) is 4.79 Å². The van der Waals surface area contributed by atoms with Gasteiger partial charge in [0.05, 0.1) is 0 Å². The van der Waals surface area contributed by atoms with Crippen LogP contribution in [0, 0.1) is 12.8 Å². The number of rotatable bonds is 1. The molecule has 0 aromatic carbocycles. The molecule has 1 fully saturated rings. The Labute approximate surface area is 102 Å². The molecule has 94 valence electrons. The first-order chi connectivity index (χ1) is 8.08. The number of nitrogens with zero attached hydrogens (tertiary/aromatic N) is 2. The van der Waals surface area contributed by atoms with Gasteiger partial charge >= 0.3 is 0 Å². The van der Waals surface area contributed by atoms with Gasteiger partial charge in [-0.05, 0) is 32.6 Å². The van der Waals surface area contributed by atoms with Crippen molar-refractivity contribution in [3.63, 3.8) is 0 Å². The lowest BCUT2D eigenvalue weighted by atomic mass is 10.1. The second kappa shape index (κ2) is 4.90. The van der Waals surface area contributed by atoms with Gasteiger partial charge in [-0.3, -0.25) is 4.79 Å². The molecular formula is C13H20N2O2. The molecule has 0 unspecified atom stereocenters. The second-order valence-corrected chi connectivity index (χ2v) is 5.17. The maximum Gasteiger partial charge on any atom is 0.276 e. The zero-order chi connectivity index (χ0) is 12.4. The number of hydrogen-bond acceptors (Lipinski definition) is 3. The Hall–Kier alpha value is -1.32. The maximum atomic E-state index is 12.3. The summed E-state index contributed by atoms with van der Waals surface area (Å²) in [4.78, 5) is 14.3. The predicted octanol–water partition coefficient (Wildman–Crippen LogP) is 2.63. The molecule has 0 radical (unpaired) electrons. The first-order valence-electron chi connectivity index (χ1n) is 6.32. The van der Waals surface area contributed by atoms with Crippen LogP contribution in [0.2, 0.25) is 0 Å². The van der Waals surface area contributed by atoms with E-state index < -0.39 is 0 Å². The van der Waals surface area contributed by atoms with Crippen molar-refractivity contribution in [1.82, 2.24) is 10.1 Å². The second-order valence-electron chi connectivity index (χ2n) is 5.17. The molecule has 0 aliphatic carbocycles. The molecule has 2 heterocycles. The van der Waals surface area contributed by atoms with Gasteiger partial charge in [0.25, 0.3) is 5.91 Å². The quantitative estimate of drug-likeness (QED) is 0.753. The van der Waals surface area contributed by atoms with Gasteiger partial charge in [0.2, 0.25) is 0 Å². The number of hydrogen-bond donors (Lipinski definition) is 0. The summed E-state index contributed by atoms with van der Waals surface area (Å²) in [6.45, 7) is 6.94. The molecule has 0 saturated carbocycles. The van der Waals surface area contributed by atoms with Crippen molar-refractivity contribution in [3.8, 4) is 0 Å². The highest BCUT2D eigenvalue weighted by Gasteiger charge is 2.27. The van der Waals surface area contributed by atoms with Gasteiger partial charge in [-0.2, -0.15) is 0 Å². The van der Waals surface area contributed by atoms with E-state index in [1.165, 1.54) is 12.8 Å². The lowest BCUT2D eigenvalue weighted by molar-refractivity contribution is 0.0667. The van der Waals surface area contributed by atoms with E-state index in [-0.39, 0.29) is 5.91 Å². The van der Waals surface area contributed by atoms with Crippen molar-refractivity contribution < 1.29 is 9.32 Å². The number of likely N-dealkylation sites (tertiary alicyclic amines) is 1. The molecule has 0 N–H and O–H groups in total. The predicted molar refractivity (Wildman–Crippen MR) is 64.8 cm³/mol. The van der Waals surface area contributed by atoms with E-state index in [1.807, 2.05) is 4.90 Å². The summed E-state index contributed by atoms with van der Waals surface area (Å²) in [6, 6.07) is 2.01. The highest BCUT2D eigenvalue weighted by molar-refractivity contribution is 5.92. The van der Waals surface area contributed by atoms with Gasteiger partial charge in [-0.25, -0.2) is 0 Å². The molecule has 1 aromatic heterocycles. The first kappa shape index (κ1) is 12.1. The highest BCUT2D eigenvalue weighted by atomic mass is 16.5. The number of aromatic nitrogens is 1. The Bertz CT molecular complexity index is 400. The third-order valence-electron chi connectivity index (χ3n) is 3.47. The van der Waals surface area contributed by atoms with E-state index >= 15 is 0 Å². The van der Waals surface area contributed by atoms with E-state index in [4.69, 9.17) is 4.52 Å². The summed E-state index contributed by atoms with van der Waals surface area (Å²) < 4.78 is 4.97. The Balaban J connectivity index is 2.16. The molecule has 1 saturated heterocycles. The lowest BCUT2D eigenvalue weighted by Crippen LogP contribution is -2.40. The number of amides is 1. The Morgan fingerprint density at radius 1 is 1.47 bits per heavy atom. The summed E-state index contributed by atoms with van der Waals surface area (Å²) in [5.41, 5.74) is 0.434. The number of carbonyl (C=O) groups is 1. The van der Waals surface area contributed by atoms with Gasteiger partial charge in [0.1, 0.15) is 5.76 Å². The first-order valence-corrected chi connectivity index (χ1v) is 6.32. The molecule has 1 aromatic rings. The fourth-order valence-corrected chi connectivity index (χ4v) is 2.42. The van der Waals surface area contributed by atoms with Gasteiger partial charge in [0, 0.05) is 18.7 Å². The van der Waals surface area contributed by atoms with Crippen LogP contribution in [0.5, 0.6) is 0 Å². The summed E-state index contributed by atoms with van der Waals surface area (Å²) >= 11 is 0. The number of carbonyl (C=O) groups excluding carboxylic acids is 1. The molecule has 1 aliphatic rings. The van der Waals surface area contributed by atoms with Crippen LogP contribution in [0.1, 0.15) is 49.4 Å². The molecule has 4 heteroatoms. The topological polar surface area (TPSA) is 46.3 Å². The molecule has 17 heavy (non-hydrogen) atoms. The van der Waals surface area contributed by atoms with Gasteiger partial charge < -0.3 is 9.42 Å². The number of aryl methyl sites for hydroxylation is 1. The standard InChI is InChI=1S/C13H20N2O2/c1-9-5-4-6-10(2)15(8-9)13(16)12-7-11(3)17-14-12/h7,9-10H,4-6,8H2,1-3H3/t9-,10+/m1/s1. The Kier molecular flexibility index (Phi) is 3.50. The molecule has 4 nitrogen and oxygen atoms in total. The SMILES string of the molecule is Cc1cc(C(=O)N2C[C@H](C)CCC[C@@H]2C)no1. The van der Waals surface area contributed by atoms with E-state index in [2.05, 4.69) is 19.0 Å². The Morgan fingerprint density at radius 3 is 2.88 bits per heavy atom. The molecular weight excluding hydrogens is 216 g/mol. The summed E-state index contributed by atoms with van der Waals surface area (Å²) in [5.74, 6) is 1.25. The van der Waals surface area contributed by atoms with Crippen LogP contribution in [-0.2, 0) is 0 Å². The molecule has 1 aliphatic heterocycles. The van der Waals surface area contributed by atoms with Crippen molar-refractivity contribution in [3.05, 3.63) is 17.5 Å². The van der Waals surface area contributed by atoms with Crippen LogP contribution in [0.25, 0.3) is 0 Å². The molecule has 2 atom stereocenters. The lowest BCUT2D eigenvalue weighted by Gasteiger charge is -2.27. The van der Waals surface area contributed by atoms with Crippen molar-refractivity contribution in [2.75, 3.05) is 6.54 Å². The van der Waals surface area contributed by atoms with Crippen molar-refractivity contribution in [2.45, 2.75) is 46.1 Å². The normalized spacial score (nSPS) is 25.7. The minimum absolute atomic E-state index is 0.00287. The third kappa shape index (κ3) is 2.68. The van der Waals surface area contributed by atoms with E-state index in [0.29, 0.717) is 23.4 Å². The highest BCUT2D eigenvalue weighted by Crippen LogP contribution is 2.22. The van der Waals surface area contributed by atoms with Crippen molar-refractivity contribution in [2.24, 2.45) is 5.92 Å². The average molecular weight is 236 g/mol. The van der Waals surface area contributed by atoms with Crippen LogP contribution in [0.15, 0.2) is 10.6 Å². The van der Waals surface area contributed by atoms with Crippen molar-refractivity contribution in [1.29, 1.82) is 0 Å². The fourth-order valence-electron chi connectivity index (χ4n) is 2.42. The van der Waals surface area contributed by atoms with Gasteiger partial charge in [-0.15, -0.1) is 0 Å². The monoisotopic (exact) mass is 236 g/mol. The minimum Gasteiger partial charge on any atom is -0.361 e. The third-order valence-corrected chi connectivity index (χ3v) is 3.47. The van der Waals surface area contributed by atoms with Gasteiger partial charge in [-0.1, -0.05) is 18.5 Å².